The van der Waals surface area contributed by atoms with Crippen LogP contribution in [0.15, 0.2) is 18.3 Å². The third-order valence-corrected chi connectivity index (χ3v) is 1.66. The van der Waals surface area contributed by atoms with Gasteiger partial charge in [-0.25, -0.2) is 9.37 Å². The van der Waals surface area contributed by atoms with E-state index < -0.39 is 24.5 Å². The first kappa shape index (κ1) is 11.7. The Bertz CT molecular complexity index is 307. The Morgan fingerprint density at radius 3 is 2.53 bits per heavy atom. The highest BCUT2D eigenvalue weighted by Crippen LogP contribution is 2.22. The molecule has 0 radical (unpaired) electrons. The van der Waals surface area contributed by atoms with Gasteiger partial charge >= 0.3 is 6.18 Å². The number of nitrogens with zero attached hydrogens (tertiary/aromatic N) is 1. The van der Waals surface area contributed by atoms with Crippen LogP contribution in [-0.2, 0) is 0 Å². The highest BCUT2D eigenvalue weighted by atomic mass is 19.4. The second-order valence-electron chi connectivity index (χ2n) is 3.23. The number of halogens is 4. The minimum absolute atomic E-state index is 0.230. The molecule has 0 saturated carbocycles. The lowest BCUT2D eigenvalue weighted by molar-refractivity contribution is -0.136. The Labute approximate surface area is 84.3 Å². The minimum atomic E-state index is -4.22. The number of alkyl halides is 3. The molecule has 1 aromatic rings. The summed E-state index contributed by atoms with van der Waals surface area (Å²) < 4.78 is 48.3. The van der Waals surface area contributed by atoms with Gasteiger partial charge in [-0.2, -0.15) is 13.2 Å². The van der Waals surface area contributed by atoms with Crippen molar-refractivity contribution in [1.29, 1.82) is 0 Å². The average Bonchev–Trinajstić information content (AvgIpc) is 2.05. The second kappa shape index (κ2) is 4.46. The smallest absolute Gasteiger partial charge is 0.367 e. The molecule has 0 aliphatic heterocycles. The van der Waals surface area contributed by atoms with E-state index in [0.717, 1.165) is 12.3 Å². The summed E-state index contributed by atoms with van der Waals surface area (Å²) in [4.78, 5) is 3.59. The van der Waals surface area contributed by atoms with E-state index in [4.69, 9.17) is 0 Å². The molecule has 0 fully saturated rings. The summed E-state index contributed by atoms with van der Waals surface area (Å²) >= 11 is 0. The molecule has 1 atom stereocenters. The van der Waals surface area contributed by atoms with Gasteiger partial charge in [0, 0.05) is 6.04 Å². The van der Waals surface area contributed by atoms with Gasteiger partial charge in [0.05, 0.1) is 12.6 Å². The summed E-state index contributed by atoms with van der Waals surface area (Å²) in [7, 11) is 0. The van der Waals surface area contributed by atoms with E-state index >= 15 is 0 Å². The molecule has 1 unspecified atom stereocenters. The quantitative estimate of drug-likeness (QED) is 0.795. The van der Waals surface area contributed by atoms with Gasteiger partial charge < -0.3 is 5.32 Å². The highest BCUT2D eigenvalue weighted by molar-refractivity contribution is 5.34. The standard InChI is InChI=1S/C9H10F4N2/c1-6(4-9(11,12)13)15-8-3-2-7(10)5-14-8/h2-3,5-6H,4H2,1H3,(H,14,15). The van der Waals surface area contributed by atoms with Crippen molar-refractivity contribution in [3.05, 3.63) is 24.1 Å². The van der Waals surface area contributed by atoms with E-state index in [9.17, 15) is 17.6 Å². The molecule has 0 saturated heterocycles. The predicted molar refractivity (Wildman–Crippen MR) is 48.0 cm³/mol. The maximum atomic E-state index is 12.4. The zero-order valence-electron chi connectivity index (χ0n) is 7.98. The summed E-state index contributed by atoms with van der Waals surface area (Å²) in [5.74, 6) is -0.294. The molecule has 84 valence electrons. The van der Waals surface area contributed by atoms with Crippen molar-refractivity contribution >= 4 is 5.82 Å². The number of hydrogen-bond donors (Lipinski definition) is 1. The van der Waals surface area contributed by atoms with E-state index in [0.29, 0.717) is 0 Å². The van der Waals surface area contributed by atoms with Crippen LogP contribution in [0.25, 0.3) is 0 Å². The summed E-state index contributed by atoms with van der Waals surface area (Å²) in [6, 6.07) is 1.64. The van der Waals surface area contributed by atoms with E-state index in [1.54, 1.807) is 0 Å². The number of nitrogens with one attached hydrogen (secondary N) is 1. The van der Waals surface area contributed by atoms with Gasteiger partial charge in [-0.3, -0.25) is 0 Å². The maximum Gasteiger partial charge on any atom is 0.391 e. The van der Waals surface area contributed by atoms with Crippen molar-refractivity contribution in [3.63, 3.8) is 0 Å². The highest BCUT2D eigenvalue weighted by Gasteiger charge is 2.29. The van der Waals surface area contributed by atoms with Crippen molar-refractivity contribution < 1.29 is 17.6 Å². The zero-order chi connectivity index (χ0) is 11.5. The van der Waals surface area contributed by atoms with Crippen LogP contribution in [0.4, 0.5) is 23.4 Å². The summed E-state index contributed by atoms with van der Waals surface area (Å²) in [6.07, 6.45) is -4.22. The lowest BCUT2D eigenvalue weighted by atomic mass is 10.2. The fourth-order valence-corrected chi connectivity index (χ4v) is 1.11. The van der Waals surface area contributed by atoms with Crippen LogP contribution in [0, 0.1) is 5.82 Å². The van der Waals surface area contributed by atoms with E-state index in [1.165, 1.54) is 13.0 Å². The number of rotatable bonds is 3. The molecule has 1 heterocycles. The van der Waals surface area contributed by atoms with Crippen LogP contribution in [0.2, 0.25) is 0 Å². The van der Waals surface area contributed by atoms with Crippen LogP contribution in [0.5, 0.6) is 0 Å². The fourth-order valence-electron chi connectivity index (χ4n) is 1.11. The molecule has 0 aromatic carbocycles. The molecule has 15 heavy (non-hydrogen) atoms. The lowest BCUT2D eigenvalue weighted by Gasteiger charge is -2.15. The second-order valence-corrected chi connectivity index (χ2v) is 3.23. The Balaban J connectivity index is 2.51. The molecule has 6 heteroatoms. The normalized spacial score (nSPS) is 13.7. The van der Waals surface area contributed by atoms with Gasteiger partial charge in [-0.1, -0.05) is 0 Å². The first-order chi connectivity index (χ1) is 6.87. The van der Waals surface area contributed by atoms with Crippen molar-refractivity contribution in [2.45, 2.75) is 25.6 Å². The van der Waals surface area contributed by atoms with Crippen LogP contribution < -0.4 is 5.32 Å². The molecule has 1 aromatic heterocycles. The summed E-state index contributed by atoms with van der Waals surface area (Å²) in [6.45, 7) is 1.39. The number of hydrogen-bond acceptors (Lipinski definition) is 2. The van der Waals surface area contributed by atoms with Crippen LogP contribution in [0.3, 0.4) is 0 Å². The largest absolute Gasteiger partial charge is 0.391 e. The fraction of sp³-hybridized carbons (Fsp3) is 0.444. The molecule has 0 aliphatic rings. The molecular weight excluding hydrogens is 212 g/mol. The van der Waals surface area contributed by atoms with Crippen LogP contribution in [0.1, 0.15) is 13.3 Å². The molecule has 0 spiro atoms. The third kappa shape index (κ3) is 4.62. The van der Waals surface area contributed by atoms with Crippen molar-refractivity contribution in [2.75, 3.05) is 5.32 Å². The average molecular weight is 222 g/mol. The van der Waals surface area contributed by atoms with Crippen molar-refractivity contribution in [1.82, 2.24) is 4.98 Å². The number of aromatic nitrogens is 1. The SMILES string of the molecule is CC(CC(F)(F)F)Nc1ccc(F)cn1. The van der Waals surface area contributed by atoms with Crippen LogP contribution in [-0.4, -0.2) is 17.2 Å². The summed E-state index contributed by atoms with van der Waals surface area (Å²) in [5.41, 5.74) is 0. The third-order valence-electron chi connectivity index (χ3n) is 1.66. The maximum absolute atomic E-state index is 12.4. The van der Waals surface area contributed by atoms with Gasteiger partial charge in [0.1, 0.15) is 11.6 Å². The van der Waals surface area contributed by atoms with Crippen molar-refractivity contribution in [2.24, 2.45) is 0 Å². The topological polar surface area (TPSA) is 24.9 Å². The Morgan fingerprint density at radius 1 is 1.40 bits per heavy atom. The molecule has 2 nitrogen and oxygen atoms in total. The van der Waals surface area contributed by atoms with Gasteiger partial charge in [0.2, 0.25) is 0 Å². The Morgan fingerprint density at radius 2 is 2.07 bits per heavy atom. The van der Waals surface area contributed by atoms with E-state index in [1.807, 2.05) is 0 Å². The number of pyridine rings is 1. The molecule has 1 rings (SSSR count). The Hall–Kier alpha value is -1.33. The molecule has 0 amide bonds. The molecule has 0 aliphatic carbocycles. The molecule has 0 bridgehead atoms. The van der Waals surface area contributed by atoms with Gasteiger partial charge in [-0.05, 0) is 19.1 Å². The predicted octanol–water partition coefficient (Wildman–Crippen LogP) is 2.97. The van der Waals surface area contributed by atoms with Crippen molar-refractivity contribution in [3.8, 4) is 0 Å². The van der Waals surface area contributed by atoms with E-state index in [2.05, 4.69) is 10.3 Å². The lowest BCUT2D eigenvalue weighted by Crippen LogP contribution is -2.24. The van der Waals surface area contributed by atoms with Gasteiger partial charge in [-0.15, -0.1) is 0 Å². The Kier molecular flexibility index (Phi) is 3.49. The summed E-state index contributed by atoms with van der Waals surface area (Å²) in [5, 5.41) is 2.53. The first-order valence-electron chi connectivity index (χ1n) is 4.31. The monoisotopic (exact) mass is 222 g/mol. The first-order valence-corrected chi connectivity index (χ1v) is 4.31. The van der Waals surface area contributed by atoms with E-state index in [-0.39, 0.29) is 5.82 Å². The van der Waals surface area contributed by atoms with Gasteiger partial charge in [0.15, 0.2) is 0 Å². The zero-order valence-corrected chi connectivity index (χ0v) is 7.98. The molecule has 1 N–H and O–H groups in total. The molecular formula is C9H10F4N2. The number of anilines is 1. The minimum Gasteiger partial charge on any atom is -0.367 e. The van der Waals surface area contributed by atoms with Gasteiger partial charge in [0.25, 0.3) is 0 Å². The van der Waals surface area contributed by atoms with Crippen LogP contribution >= 0.6 is 0 Å².